The van der Waals surface area contributed by atoms with Gasteiger partial charge in [-0.2, -0.15) is 0 Å². The van der Waals surface area contributed by atoms with Crippen LogP contribution < -0.4 is 20.1 Å². The number of ether oxygens (including phenoxy) is 2. The number of urea groups is 1. The number of thiazole rings is 1. The summed E-state index contributed by atoms with van der Waals surface area (Å²) in [5.41, 5.74) is 2.50. The number of carbonyl (C=O) groups excluding carboxylic acids is 3. The van der Waals surface area contributed by atoms with Crippen molar-refractivity contribution in [3.05, 3.63) is 89.4 Å². The van der Waals surface area contributed by atoms with Crippen LogP contribution in [0.3, 0.4) is 0 Å². The number of likely N-dealkylation sites (N-methyl/N-ethyl adjacent to an activating group) is 1. The van der Waals surface area contributed by atoms with Gasteiger partial charge < -0.3 is 35.0 Å². The van der Waals surface area contributed by atoms with Crippen LogP contribution in [-0.4, -0.2) is 83.7 Å². The van der Waals surface area contributed by atoms with Gasteiger partial charge in [0.05, 0.1) is 37.6 Å². The van der Waals surface area contributed by atoms with Crippen LogP contribution in [-0.2, 0) is 0 Å². The van der Waals surface area contributed by atoms with Crippen LogP contribution in [0, 0.1) is 5.92 Å². The zero-order valence-corrected chi connectivity index (χ0v) is 26.9. The molecule has 3 atom stereocenters. The molecule has 0 spiro atoms. The van der Waals surface area contributed by atoms with E-state index in [1.807, 2.05) is 24.4 Å². The van der Waals surface area contributed by atoms with Gasteiger partial charge in [-0.05, 0) is 55.5 Å². The van der Waals surface area contributed by atoms with Crippen LogP contribution in [0.1, 0.15) is 34.6 Å². The monoisotopic (exact) mass is 643 g/mol. The highest BCUT2D eigenvalue weighted by molar-refractivity contribution is 7.13. The Labute approximate surface area is 271 Å². The zero-order valence-electron chi connectivity index (χ0n) is 26.1. The molecule has 0 unspecified atom stereocenters. The highest BCUT2D eigenvalue weighted by atomic mass is 32.1. The molecule has 3 aromatic carbocycles. The fraction of sp³-hybridized carbons (Fsp3) is 0.294. The Morgan fingerprint density at radius 1 is 1.13 bits per heavy atom. The summed E-state index contributed by atoms with van der Waals surface area (Å²) in [6, 6.07) is 18.3. The highest BCUT2D eigenvalue weighted by Crippen LogP contribution is 2.35. The molecule has 0 radical (unpaired) electrons. The first-order chi connectivity index (χ1) is 22.2. The molecule has 12 heteroatoms. The summed E-state index contributed by atoms with van der Waals surface area (Å²) >= 11 is 1.51. The van der Waals surface area contributed by atoms with Crippen molar-refractivity contribution < 1.29 is 29.0 Å². The number of aromatic nitrogens is 1. The maximum atomic E-state index is 13.8. The zero-order chi connectivity index (χ0) is 32.8. The van der Waals surface area contributed by atoms with Crippen molar-refractivity contribution in [2.24, 2.45) is 5.92 Å². The topological polar surface area (TPSA) is 133 Å². The summed E-state index contributed by atoms with van der Waals surface area (Å²) in [5, 5.41) is 18.5. The Balaban J connectivity index is 1.40. The van der Waals surface area contributed by atoms with Crippen LogP contribution in [0.15, 0.2) is 78.3 Å². The van der Waals surface area contributed by atoms with Gasteiger partial charge in [0.15, 0.2) is 5.75 Å². The Bertz CT molecular complexity index is 1660. The van der Waals surface area contributed by atoms with Gasteiger partial charge in [0, 0.05) is 47.9 Å². The van der Waals surface area contributed by atoms with Crippen molar-refractivity contribution in [3.8, 4) is 22.1 Å². The number of methoxy groups -OCH3 is 1. The first kappa shape index (κ1) is 32.5. The molecule has 2 heterocycles. The lowest BCUT2D eigenvalue weighted by Crippen LogP contribution is -2.50. The minimum atomic E-state index is -0.567. The molecule has 5 rings (SSSR count). The summed E-state index contributed by atoms with van der Waals surface area (Å²) in [7, 11) is 3.24. The van der Waals surface area contributed by atoms with Crippen molar-refractivity contribution in [2.45, 2.75) is 26.0 Å². The highest BCUT2D eigenvalue weighted by Gasteiger charge is 2.35. The first-order valence-corrected chi connectivity index (χ1v) is 15.8. The van der Waals surface area contributed by atoms with E-state index in [4.69, 9.17) is 9.47 Å². The lowest BCUT2D eigenvalue weighted by atomic mass is 9.99. The summed E-state index contributed by atoms with van der Waals surface area (Å²) < 4.78 is 11.7. The predicted octanol–water partition coefficient (Wildman–Crippen LogP) is 5.46. The normalized spacial score (nSPS) is 16.7. The molecule has 0 saturated heterocycles. The Morgan fingerprint density at radius 2 is 1.87 bits per heavy atom. The predicted molar refractivity (Wildman–Crippen MR) is 178 cm³/mol. The number of benzene rings is 3. The van der Waals surface area contributed by atoms with E-state index in [-0.39, 0.29) is 48.2 Å². The second-order valence-corrected chi connectivity index (χ2v) is 12.1. The molecule has 1 aromatic heterocycles. The van der Waals surface area contributed by atoms with E-state index in [2.05, 4.69) is 15.6 Å². The summed E-state index contributed by atoms with van der Waals surface area (Å²) in [4.78, 5) is 47.8. The molecule has 3 N–H and O–H groups in total. The number of nitrogens with zero attached hydrogens (tertiary/aromatic N) is 3. The first-order valence-electron chi connectivity index (χ1n) is 14.9. The number of fused-ring (bicyclic) bond motifs is 1. The van der Waals surface area contributed by atoms with E-state index in [0.717, 1.165) is 10.6 Å². The molecule has 1 aliphatic heterocycles. The Hall–Kier alpha value is -4.94. The second-order valence-electron chi connectivity index (χ2n) is 11.2. The molecule has 4 aromatic rings. The molecule has 0 bridgehead atoms. The number of aliphatic hydroxyl groups is 1. The molecular weight excluding hydrogens is 606 g/mol. The smallest absolute Gasteiger partial charge is 0.321 e. The van der Waals surface area contributed by atoms with Gasteiger partial charge in [-0.1, -0.05) is 25.1 Å². The lowest BCUT2D eigenvalue weighted by molar-refractivity contribution is 0.0372. The van der Waals surface area contributed by atoms with Gasteiger partial charge in [-0.3, -0.25) is 9.59 Å². The summed E-state index contributed by atoms with van der Waals surface area (Å²) in [6.45, 7) is 3.95. The second kappa shape index (κ2) is 14.4. The third-order valence-electron chi connectivity index (χ3n) is 7.91. The van der Waals surface area contributed by atoms with E-state index in [1.54, 1.807) is 86.8 Å². The minimum Gasteiger partial charge on any atom is -0.497 e. The third kappa shape index (κ3) is 7.30. The number of para-hydroxylation sites is 1. The summed E-state index contributed by atoms with van der Waals surface area (Å²) in [6.07, 6.45) is 1.16. The van der Waals surface area contributed by atoms with Crippen molar-refractivity contribution in [1.29, 1.82) is 0 Å². The Kier molecular flexibility index (Phi) is 10.2. The summed E-state index contributed by atoms with van der Waals surface area (Å²) in [5.74, 6) is -0.0660. The Morgan fingerprint density at radius 3 is 2.52 bits per heavy atom. The number of anilines is 2. The maximum absolute atomic E-state index is 13.8. The van der Waals surface area contributed by atoms with Crippen LogP contribution in [0.4, 0.5) is 16.2 Å². The van der Waals surface area contributed by atoms with E-state index >= 15 is 0 Å². The fourth-order valence-electron chi connectivity index (χ4n) is 5.13. The van der Waals surface area contributed by atoms with Gasteiger partial charge in [0.25, 0.3) is 11.8 Å². The van der Waals surface area contributed by atoms with E-state index in [9.17, 15) is 19.5 Å². The number of nitrogens with one attached hydrogen (secondary N) is 2. The van der Waals surface area contributed by atoms with Crippen LogP contribution >= 0.6 is 11.3 Å². The molecule has 4 amide bonds. The lowest BCUT2D eigenvalue weighted by Gasteiger charge is -2.38. The number of carbonyl (C=O) groups is 3. The van der Waals surface area contributed by atoms with Crippen LogP contribution in [0.5, 0.6) is 11.5 Å². The van der Waals surface area contributed by atoms with Crippen molar-refractivity contribution in [1.82, 2.24) is 14.8 Å². The van der Waals surface area contributed by atoms with Crippen molar-refractivity contribution in [2.75, 3.05) is 44.5 Å². The molecular formula is C34H37N5O6S. The molecule has 0 saturated carbocycles. The van der Waals surface area contributed by atoms with Crippen LogP contribution in [0.2, 0.25) is 0 Å². The van der Waals surface area contributed by atoms with Gasteiger partial charge >= 0.3 is 6.03 Å². The average molecular weight is 644 g/mol. The number of rotatable bonds is 9. The quantitative estimate of drug-likeness (QED) is 0.221. The SMILES string of the molecule is COc1ccc(NC(=O)N(C)C[C@H]2Oc3c(NC(=O)c4ccc(-c5nccs5)cc4)cccc3C(=O)N([C@H](C)CO)C[C@@H]2C)cc1. The minimum absolute atomic E-state index is 0.179. The van der Waals surface area contributed by atoms with Crippen molar-refractivity contribution >= 4 is 40.6 Å². The molecule has 11 nitrogen and oxygen atoms in total. The third-order valence-corrected chi connectivity index (χ3v) is 8.73. The molecule has 0 fully saturated rings. The van der Waals surface area contributed by atoms with Gasteiger partial charge in [-0.25, -0.2) is 9.78 Å². The largest absolute Gasteiger partial charge is 0.497 e. The number of hydrogen-bond acceptors (Lipinski definition) is 8. The maximum Gasteiger partial charge on any atom is 0.321 e. The molecule has 240 valence electrons. The van der Waals surface area contributed by atoms with Gasteiger partial charge in [-0.15, -0.1) is 11.3 Å². The number of amides is 4. The fourth-order valence-corrected chi connectivity index (χ4v) is 5.77. The van der Waals surface area contributed by atoms with Crippen LogP contribution in [0.25, 0.3) is 10.6 Å². The standard InChI is InChI=1S/C34H37N5O6S/c1-21-18-39(22(2)20-40)33(42)27-6-5-7-28(37-31(41)23-8-10-24(11-9-23)32-35-16-17-46-32)30(27)45-29(21)19-38(3)34(43)36-25-12-14-26(44-4)15-13-25/h5-17,21-22,29,40H,18-20H2,1-4H3,(H,36,43)(H,37,41)/t21-,22+,29+/m0/s1. The van der Waals surface area contributed by atoms with E-state index in [1.165, 1.54) is 16.2 Å². The van der Waals surface area contributed by atoms with E-state index < -0.39 is 12.1 Å². The van der Waals surface area contributed by atoms with Gasteiger partial charge in [0.1, 0.15) is 16.9 Å². The van der Waals surface area contributed by atoms with E-state index in [0.29, 0.717) is 29.2 Å². The molecule has 0 aliphatic carbocycles. The number of aliphatic hydroxyl groups excluding tert-OH is 1. The average Bonchev–Trinajstić information content (AvgIpc) is 3.62. The van der Waals surface area contributed by atoms with Gasteiger partial charge in [0.2, 0.25) is 0 Å². The number of hydrogen-bond donors (Lipinski definition) is 3. The molecule has 46 heavy (non-hydrogen) atoms. The molecule has 1 aliphatic rings. The van der Waals surface area contributed by atoms with Crippen molar-refractivity contribution in [3.63, 3.8) is 0 Å².